The van der Waals surface area contributed by atoms with Crippen molar-refractivity contribution in [2.45, 2.75) is 19.0 Å². The van der Waals surface area contributed by atoms with Gasteiger partial charge in [-0.3, -0.25) is 4.79 Å². The maximum absolute atomic E-state index is 12.3. The minimum Gasteiger partial charge on any atom is -0.340 e. The predicted octanol–water partition coefficient (Wildman–Crippen LogP) is 0.748. The Morgan fingerprint density at radius 1 is 1.38 bits per heavy atom. The van der Waals surface area contributed by atoms with Crippen LogP contribution in [-0.2, 0) is 21.2 Å². The third-order valence-corrected chi connectivity index (χ3v) is 6.26. The van der Waals surface area contributed by atoms with Crippen molar-refractivity contribution in [3.63, 3.8) is 0 Å². The molecule has 1 aromatic carbocycles. The van der Waals surface area contributed by atoms with E-state index in [1.165, 1.54) is 9.70 Å². The van der Waals surface area contributed by atoms with Gasteiger partial charge in [-0.1, -0.05) is 15.9 Å². The molecule has 0 saturated carbocycles. The van der Waals surface area contributed by atoms with E-state index in [1.54, 1.807) is 7.05 Å². The second-order valence-electron chi connectivity index (χ2n) is 5.71. The summed E-state index contributed by atoms with van der Waals surface area (Å²) in [6.07, 6.45) is 0.472. The molecule has 0 aliphatic carbocycles. The van der Waals surface area contributed by atoms with Crippen LogP contribution in [0.2, 0.25) is 0 Å². The summed E-state index contributed by atoms with van der Waals surface area (Å²) >= 11 is 3.36. The lowest BCUT2D eigenvalue weighted by molar-refractivity contribution is -0.132. The largest absolute Gasteiger partial charge is 0.340 e. The highest BCUT2D eigenvalue weighted by atomic mass is 79.9. The number of hydrogen-bond donors (Lipinski definition) is 0. The number of tetrazole rings is 1. The predicted molar refractivity (Wildman–Crippen MR) is 90.8 cm³/mol. The second kappa shape index (κ2) is 6.60. The van der Waals surface area contributed by atoms with E-state index in [0.717, 1.165) is 10.0 Å². The number of amides is 1. The lowest BCUT2D eigenvalue weighted by Gasteiger charge is -2.22. The number of likely N-dealkylation sites (N-methyl/N-ethyl adjacent to an activating group) is 1. The van der Waals surface area contributed by atoms with Crippen LogP contribution in [0, 0.1) is 0 Å². The van der Waals surface area contributed by atoms with Gasteiger partial charge in [0.25, 0.3) is 0 Å². The van der Waals surface area contributed by atoms with Gasteiger partial charge in [0.15, 0.2) is 9.84 Å². The first-order chi connectivity index (χ1) is 11.3. The molecule has 1 fully saturated rings. The number of hydrogen-bond acceptors (Lipinski definition) is 6. The molecule has 10 heteroatoms. The fourth-order valence-electron chi connectivity index (χ4n) is 2.54. The van der Waals surface area contributed by atoms with Crippen LogP contribution in [0.3, 0.4) is 0 Å². The van der Waals surface area contributed by atoms with Crippen LogP contribution in [0.15, 0.2) is 28.7 Å². The number of nitrogens with zero attached hydrogens (tertiary/aromatic N) is 5. The van der Waals surface area contributed by atoms with Crippen molar-refractivity contribution in [3.8, 4) is 11.4 Å². The number of sulfone groups is 1. The number of carbonyl (C=O) groups excluding carboxylic acids is 1. The zero-order valence-electron chi connectivity index (χ0n) is 13.0. The molecule has 1 saturated heterocycles. The number of halogens is 1. The van der Waals surface area contributed by atoms with E-state index in [1.807, 2.05) is 24.3 Å². The summed E-state index contributed by atoms with van der Waals surface area (Å²) < 4.78 is 24.0. The van der Waals surface area contributed by atoms with E-state index in [-0.39, 0.29) is 30.0 Å². The van der Waals surface area contributed by atoms with Gasteiger partial charge in [0.1, 0.15) is 6.54 Å². The van der Waals surface area contributed by atoms with Crippen LogP contribution in [0.1, 0.15) is 6.42 Å². The van der Waals surface area contributed by atoms with Gasteiger partial charge >= 0.3 is 0 Å². The summed E-state index contributed by atoms with van der Waals surface area (Å²) in [7, 11) is -1.42. The van der Waals surface area contributed by atoms with E-state index >= 15 is 0 Å². The third-order valence-electron chi connectivity index (χ3n) is 3.98. The number of rotatable bonds is 4. The van der Waals surface area contributed by atoms with E-state index < -0.39 is 9.84 Å². The van der Waals surface area contributed by atoms with Crippen molar-refractivity contribution < 1.29 is 13.2 Å². The van der Waals surface area contributed by atoms with Crippen LogP contribution >= 0.6 is 15.9 Å². The Hall–Kier alpha value is -1.81. The summed E-state index contributed by atoms with van der Waals surface area (Å²) in [6, 6.07) is 7.16. The normalized spacial score (nSPS) is 19.3. The summed E-state index contributed by atoms with van der Waals surface area (Å²) in [4.78, 5) is 15.0. The monoisotopic (exact) mass is 413 g/mol. The molecule has 8 nitrogen and oxygen atoms in total. The van der Waals surface area contributed by atoms with Gasteiger partial charge in [-0.15, -0.1) is 10.2 Å². The van der Waals surface area contributed by atoms with Gasteiger partial charge < -0.3 is 4.90 Å². The van der Waals surface area contributed by atoms with Gasteiger partial charge in [0, 0.05) is 23.1 Å². The Bertz CT molecular complexity index is 850. The van der Waals surface area contributed by atoms with Crippen LogP contribution in [-0.4, -0.2) is 64.0 Å². The third kappa shape index (κ3) is 3.81. The Morgan fingerprint density at radius 2 is 2.08 bits per heavy atom. The van der Waals surface area contributed by atoms with E-state index in [2.05, 4.69) is 31.3 Å². The number of carbonyl (C=O) groups is 1. The molecule has 0 radical (unpaired) electrons. The van der Waals surface area contributed by atoms with E-state index in [9.17, 15) is 13.2 Å². The maximum Gasteiger partial charge on any atom is 0.246 e. The van der Waals surface area contributed by atoms with Gasteiger partial charge in [-0.25, -0.2) is 8.42 Å². The average molecular weight is 414 g/mol. The first-order valence-corrected chi connectivity index (χ1v) is 9.95. The minimum atomic E-state index is -3.03. The first kappa shape index (κ1) is 17.0. The standard InChI is InChI=1S/C14H16BrN5O3S/c1-19(12-6-7-24(22,23)9-12)13(21)8-20-17-14(16-18-20)10-2-4-11(15)5-3-10/h2-5,12H,6-9H2,1H3/t12-/m0/s1. The molecule has 2 heterocycles. The maximum atomic E-state index is 12.3. The number of aromatic nitrogens is 4. The molecule has 0 spiro atoms. The molecular weight excluding hydrogens is 398 g/mol. The fourth-order valence-corrected chi connectivity index (χ4v) is 4.58. The SMILES string of the molecule is CN(C(=O)Cn1nnc(-c2ccc(Br)cc2)n1)[C@H]1CCS(=O)(=O)C1. The molecule has 24 heavy (non-hydrogen) atoms. The molecule has 3 rings (SSSR count). The molecular formula is C14H16BrN5O3S. The molecule has 0 unspecified atom stereocenters. The molecule has 1 atom stereocenters. The van der Waals surface area contributed by atoms with Gasteiger partial charge in [-0.2, -0.15) is 4.80 Å². The molecule has 128 valence electrons. The molecule has 0 N–H and O–H groups in total. The molecule has 1 aliphatic heterocycles. The highest BCUT2D eigenvalue weighted by molar-refractivity contribution is 9.10. The van der Waals surface area contributed by atoms with Crippen molar-refractivity contribution in [3.05, 3.63) is 28.7 Å². The lowest BCUT2D eigenvalue weighted by atomic mass is 10.2. The summed E-state index contributed by atoms with van der Waals surface area (Å²) in [5, 5.41) is 12.0. The molecule has 1 aromatic heterocycles. The fraction of sp³-hybridized carbons (Fsp3) is 0.429. The smallest absolute Gasteiger partial charge is 0.246 e. The quantitative estimate of drug-likeness (QED) is 0.733. The zero-order valence-corrected chi connectivity index (χ0v) is 15.4. The van der Waals surface area contributed by atoms with Gasteiger partial charge in [-0.05, 0) is 35.9 Å². The Labute approximate surface area is 147 Å². The molecule has 1 amide bonds. The summed E-state index contributed by atoms with van der Waals surface area (Å²) in [5.41, 5.74) is 0.798. The minimum absolute atomic E-state index is 0.0180. The van der Waals surface area contributed by atoms with E-state index in [0.29, 0.717) is 12.2 Å². The zero-order chi connectivity index (χ0) is 17.3. The van der Waals surface area contributed by atoms with Crippen molar-refractivity contribution in [1.82, 2.24) is 25.1 Å². The first-order valence-electron chi connectivity index (χ1n) is 7.34. The van der Waals surface area contributed by atoms with Crippen LogP contribution in [0.25, 0.3) is 11.4 Å². The lowest BCUT2D eigenvalue weighted by Crippen LogP contribution is -2.40. The summed E-state index contributed by atoms with van der Waals surface area (Å²) in [6.45, 7) is -0.0728. The van der Waals surface area contributed by atoms with Gasteiger partial charge in [0.2, 0.25) is 11.7 Å². The highest BCUT2D eigenvalue weighted by Crippen LogP contribution is 2.18. The van der Waals surface area contributed by atoms with Crippen LogP contribution in [0.4, 0.5) is 0 Å². The van der Waals surface area contributed by atoms with Crippen LogP contribution < -0.4 is 0 Å². The number of benzene rings is 1. The average Bonchev–Trinajstić information content (AvgIpc) is 3.13. The van der Waals surface area contributed by atoms with Crippen molar-refractivity contribution >= 4 is 31.7 Å². The van der Waals surface area contributed by atoms with Gasteiger partial charge in [0.05, 0.1) is 11.5 Å². The topological polar surface area (TPSA) is 98.1 Å². The van der Waals surface area contributed by atoms with Crippen LogP contribution in [0.5, 0.6) is 0 Å². The Kier molecular flexibility index (Phi) is 4.68. The summed E-state index contributed by atoms with van der Waals surface area (Å²) in [5.74, 6) is 0.340. The Balaban J connectivity index is 1.66. The highest BCUT2D eigenvalue weighted by Gasteiger charge is 2.32. The molecule has 0 bridgehead atoms. The van der Waals surface area contributed by atoms with Crippen molar-refractivity contribution in [1.29, 1.82) is 0 Å². The van der Waals surface area contributed by atoms with Crippen molar-refractivity contribution in [2.75, 3.05) is 18.6 Å². The Morgan fingerprint density at radius 3 is 2.71 bits per heavy atom. The molecule has 2 aromatic rings. The second-order valence-corrected chi connectivity index (χ2v) is 8.86. The van der Waals surface area contributed by atoms with Crippen molar-refractivity contribution in [2.24, 2.45) is 0 Å². The molecule has 1 aliphatic rings. The van der Waals surface area contributed by atoms with E-state index in [4.69, 9.17) is 0 Å².